The number of hydrogen-bond acceptors (Lipinski definition) is 4. The lowest BCUT2D eigenvalue weighted by atomic mass is 9.93. The Bertz CT molecular complexity index is 1050. The Morgan fingerprint density at radius 2 is 2.04 bits per heavy atom. The van der Waals surface area contributed by atoms with Gasteiger partial charge in [0.25, 0.3) is 5.91 Å². The topological polar surface area (TPSA) is 102 Å². The van der Waals surface area contributed by atoms with Crippen LogP contribution in [0.3, 0.4) is 0 Å². The van der Waals surface area contributed by atoms with E-state index in [1.54, 1.807) is 12.1 Å². The Labute approximate surface area is 152 Å². The zero-order chi connectivity index (χ0) is 18.5. The molecule has 0 saturated heterocycles. The van der Waals surface area contributed by atoms with E-state index in [9.17, 15) is 13.2 Å². The maximum atomic E-state index is 12.4. The lowest BCUT2D eigenvalue weighted by Crippen LogP contribution is -2.12. The van der Waals surface area contributed by atoms with Gasteiger partial charge in [-0.05, 0) is 55.5 Å². The number of primary sulfonamides is 1. The second-order valence-corrected chi connectivity index (χ2v) is 8.23. The fraction of sp³-hybridized carbons (Fsp3) is 0.316. The molecule has 1 amide bonds. The molecule has 0 fully saturated rings. The van der Waals surface area contributed by atoms with Crippen molar-refractivity contribution in [3.8, 4) is 0 Å². The summed E-state index contributed by atoms with van der Waals surface area (Å²) in [7, 11) is -3.84. The molecule has 0 unspecified atom stereocenters. The van der Waals surface area contributed by atoms with Crippen LogP contribution in [0, 0.1) is 0 Å². The predicted molar refractivity (Wildman–Crippen MR) is 99.0 cm³/mol. The van der Waals surface area contributed by atoms with E-state index >= 15 is 0 Å². The first-order chi connectivity index (χ1) is 12.4. The van der Waals surface area contributed by atoms with Gasteiger partial charge in [0, 0.05) is 23.2 Å². The Morgan fingerprint density at radius 1 is 1.27 bits per heavy atom. The Balaban J connectivity index is 1.85. The number of amides is 1. The summed E-state index contributed by atoms with van der Waals surface area (Å²) >= 11 is 0. The van der Waals surface area contributed by atoms with E-state index in [0.717, 1.165) is 43.4 Å². The monoisotopic (exact) mass is 372 g/mol. The number of carbonyl (C=O) groups excluding carboxylic acids is 1. The predicted octanol–water partition coefficient (Wildman–Crippen LogP) is 2.86. The molecule has 1 aromatic heterocycles. The van der Waals surface area contributed by atoms with Gasteiger partial charge in [0.05, 0.1) is 10.5 Å². The molecule has 2 aliphatic rings. The van der Waals surface area contributed by atoms with Crippen molar-refractivity contribution in [2.24, 2.45) is 5.14 Å². The molecule has 0 spiro atoms. The highest BCUT2D eigenvalue weighted by molar-refractivity contribution is 7.89. The molecular weight excluding hydrogens is 352 g/mol. The van der Waals surface area contributed by atoms with E-state index in [2.05, 4.69) is 12.2 Å². The Morgan fingerprint density at radius 3 is 2.77 bits per heavy atom. The van der Waals surface area contributed by atoms with Crippen molar-refractivity contribution in [3.63, 3.8) is 0 Å². The number of sulfonamides is 1. The maximum Gasteiger partial charge on any atom is 0.256 e. The molecule has 0 saturated carbocycles. The number of rotatable bonds is 3. The molecule has 3 N–H and O–H groups in total. The molecule has 1 aliphatic carbocycles. The van der Waals surface area contributed by atoms with Crippen molar-refractivity contribution in [3.05, 3.63) is 46.4 Å². The quantitative estimate of drug-likeness (QED) is 0.809. The molecule has 2 aromatic rings. The van der Waals surface area contributed by atoms with Gasteiger partial charge in [0.15, 0.2) is 0 Å². The molecule has 7 heteroatoms. The standard InChI is InChI=1S/C19H20N2O4S/c1-2-12-13-5-3-4-6-17(13)25-18(12)10-15-14-9-11(26(20,23)24)7-8-16(14)21-19(15)22/h7-10H,2-6H2,1H3,(H,21,22)(H2,20,23,24). The first-order valence-electron chi connectivity index (χ1n) is 8.72. The van der Waals surface area contributed by atoms with Gasteiger partial charge in [-0.1, -0.05) is 6.92 Å². The summed E-state index contributed by atoms with van der Waals surface area (Å²) in [4.78, 5) is 12.4. The zero-order valence-corrected chi connectivity index (χ0v) is 15.3. The molecule has 1 aliphatic heterocycles. The van der Waals surface area contributed by atoms with E-state index in [-0.39, 0.29) is 10.8 Å². The molecule has 0 atom stereocenters. The third-order valence-corrected chi connectivity index (χ3v) is 5.95. The fourth-order valence-electron chi connectivity index (χ4n) is 3.78. The molecule has 6 nitrogen and oxygen atoms in total. The first kappa shape index (κ1) is 17.1. The number of anilines is 1. The van der Waals surface area contributed by atoms with Crippen molar-refractivity contribution in [2.45, 2.75) is 43.9 Å². The number of aryl methyl sites for hydroxylation is 1. The van der Waals surface area contributed by atoms with E-state index in [4.69, 9.17) is 9.56 Å². The second-order valence-electron chi connectivity index (χ2n) is 6.67. The minimum atomic E-state index is -3.84. The van der Waals surface area contributed by atoms with Gasteiger partial charge in [-0.15, -0.1) is 0 Å². The minimum Gasteiger partial charge on any atom is -0.461 e. The van der Waals surface area contributed by atoms with E-state index in [1.165, 1.54) is 17.7 Å². The van der Waals surface area contributed by atoms with Crippen LogP contribution in [-0.2, 0) is 34.1 Å². The lowest BCUT2D eigenvalue weighted by molar-refractivity contribution is -0.110. The molecule has 1 aromatic carbocycles. The average Bonchev–Trinajstić information content (AvgIpc) is 3.11. The number of nitrogens with one attached hydrogen (secondary N) is 1. The van der Waals surface area contributed by atoms with Crippen LogP contribution in [0.2, 0.25) is 0 Å². The summed E-state index contributed by atoms with van der Waals surface area (Å²) in [5.41, 5.74) is 3.89. The van der Waals surface area contributed by atoms with Gasteiger partial charge in [-0.3, -0.25) is 4.79 Å². The zero-order valence-electron chi connectivity index (χ0n) is 14.5. The first-order valence-corrected chi connectivity index (χ1v) is 10.3. The highest BCUT2D eigenvalue weighted by Gasteiger charge is 2.28. The summed E-state index contributed by atoms with van der Waals surface area (Å²) in [6, 6.07) is 4.38. The number of benzene rings is 1. The van der Waals surface area contributed by atoms with Crippen LogP contribution in [0.15, 0.2) is 27.5 Å². The van der Waals surface area contributed by atoms with Gasteiger partial charge < -0.3 is 9.73 Å². The molecule has 0 radical (unpaired) electrons. The summed E-state index contributed by atoms with van der Waals surface area (Å²) < 4.78 is 29.3. The van der Waals surface area contributed by atoms with Crippen LogP contribution in [0.4, 0.5) is 5.69 Å². The fourth-order valence-corrected chi connectivity index (χ4v) is 4.32. The number of fused-ring (bicyclic) bond motifs is 2. The van der Waals surface area contributed by atoms with Gasteiger partial charge in [0.1, 0.15) is 11.5 Å². The normalized spacial score (nSPS) is 17.9. The van der Waals surface area contributed by atoms with Crippen LogP contribution >= 0.6 is 0 Å². The summed E-state index contributed by atoms with van der Waals surface area (Å²) in [6.45, 7) is 2.07. The summed E-state index contributed by atoms with van der Waals surface area (Å²) in [5, 5.41) is 7.99. The van der Waals surface area contributed by atoms with Crippen LogP contribution in [-0.4, -0.2) is 14.3 Å². The molecule has 2 heterocycles. The average molecular weight is 372 g/mol. The number of hydrogen-bond donors (Lipinski definition) is 2. The third-order valence-electron chi connectivity index (χ3n) is 5.04. The molecule has 136 valence electrons. The van der Waals surface area contributed by atoms with E-state index in [1.807, 2.05) is 0 Å². The van der Waals surface area contributed by atoms with Gasteiger partial charge >= 0.3 is 0 Å². The highest BCUT2D eigenvalue weighted by atomic mass is 32.2. The smallest absolute Gasteiger partial charge is 0.256 e. The van der Waals surface area contributed by atoms with Crippen LogP contribution < -0.4 is 10.5 Å². The molecule has 4 rings (SSSR count). The largest absolute Gasteiger partial charge is 0.461 e. The van der Waals surface area contributed by atoms with Gasteiger partial charge in [-0.25, -0.2) is 13.6 Å². The van der Waals surface area contributed by atoms with Crippen LogP contribution in [0.5, 0.6) is 0 Å². The molecular formula is C19H20N2O4S. The van der Waals surface area contributed by atoms with Crippen LogP contribution in [0.1, 0.15) is 48.0 Å². The number of carbonyl (C=O) groups is 1. The lowest BCUT2D eigenvalue weighted by Gasteiger charge is -2.09. The Hall–Kier alpha value is -2.38. The summed E-state index contributed by atoms with van der Waals surface area (Å²) in [5.74, 6) is 1.43. The van der Waals surface area contributed by atoms with Crippen molar-refractivity contribution >= 4 is 33.3 Å². The summed E-state index contributed by atoms with van der Waals surface area (Å²) in [6.07, 6.45) is 6.74. The third kappa shape index (κ3) is 2.77. The highest BCUT2D eigenvalue weighted by Crippen LogP contribution is 2.37. The second kappa shape index (κ2) is 6.10. The van der Waals surface area contributed by atoms with Crippen molar-refractivity contribution in [1.82, 2.24) is 0 Å². The van der Waals surface area contributed by atoms with E-state index < -0.39 is 10.0 Å². The van der Waals surface area contributed by atoms with Crippen molar-refractivity contribution in [2.75, 3.05) is 5.32 Å². The number of nitrogens with two attached hydrogens (primary N) is 1. The van der Waals surface area contributed by atoms with Crippen molar-refractivity contribution in [1.29, 1.82) is 0 Å². The number of furan rings is 1. The SMILES string of the molecule is CCc1c(C=C2C(=O)Nc3ccc(S(N)(=O)=O)cc32)oc2c1CCCC2. The van der Waals surface area contributed by atoms with Gasteiger partial charge in [-0.2, -0.15) is 0 Å². The molecule has 26 heavy (non-hydrogen) atoms. The Kier molecular flexibility index (Phi) is 4.00. The maximum absolute atomic E-state index is 12.4. The van der Waals surface area contributed by atoms with E-state index in [0.29, 0.717) is 22.6 Å². The minimum absolute atomic E-state index is 0.0203. The van der Waals surface area contributed by atoms with Crippen LogP contribution in [0.25, 0.3) is 11.6 Å². The molecule has 0 bridgehead atoms. The van der Waals surface area contributed by atoms with Crippen molar-refractivity contribution < 1.29 is 17.6 Å². The van der Waals surface area contributed by atoms with Gasteiger partial charge in [0.2, 0.25) is 10.0 Å².